The number of methoxy groups -OCH3 is 1. The number of rotatable bonds is 7. The minimum atomic E-state index is -0.788. The van der Waals surface area contributed by atoms with Gasteiger partial charge in [0.05, 0.1) is 18.7 Å². The fraction of sp³-hybridized carbons (Fsp3) is 0.556. The lowest BCUT2D eigenvalue weighted by Gasteiger charge is -2.31. The molecule has 1 aliphatic heterocycles. The van der Waals surface area contributed by atoms with Gasteiger partial charge < -0.3 is 19.5 Å². The smallest absolute Gasteiger partial charge is 0.303 e. The molecule has 1 heterocycles. The second-order valence-electron chi connectivity index (χ2n) is 6.17. The topological polar surface area (TPSA) is 76.1 Å². The number of carbonyl (C=O) groups is 2. The highest BCUT2D eigenvalue weighted by atomic mass is 35.5. The van der Waals surface area contributed by atoms with E-state index >= 15 is 0 Å². The van der Waals surface area contributed by atoms with Gasteiger partial charge in [0, 0.05) is 25.1 Å². The summed E-state index contributed by atoms with van der Waals surface area (Å²) in [6.07, 6.45) is 2.39. The second-order valence-corrected chi connectivity index (χ2v) is 6.58. The van der Waals surface area contributed by atoms with Crippen LogP contribution in [0.15, 0.2) is 12.1 Å². The predicted molar refractivity (Wildman–Crippen MR) is 94.7 cm³/mol. The maximum Gasteiger partial charge on any atom is 0.303 e. The van der Waals surface area contributed by atoms with E-state index in [-0.39, 0.29) is 18.2 Å². The molecule has 138 valence electrons. The van der Waals surface area contributed by atoms with Crippen LogP contribution in [0.2, 0.25) is 5.02 Å². The summed E-state index contributed by atoms with van der Waals surface area (Å²) < 4.78 is 10.9. The first-order valence-corrected chi connectivity index (χ1v) is 8.85. The Morgan fingerprint density at radius 2 is 2.00 bits per heavy atom. The number of carboxylic acids is 1. The number of hydrogen-bond acceptors (Lipinski definition) is 4. The van der Waals surface area contributed by atoms with Crippen LogP contribution < -0.4 is 9.47 Å². The standard InChI is InChI=1S/C18H24ClNO5/c1-3-8-25-17-14(19)10-13(11-15(17)24-2)18(23)20-6-4-12(5-7-20)9-16(21)22/h10-12H,3-9H2,1-2H3,(H,21,22). The summed E-state index contributed by atoms with van der Waals surface area (Å²) in [4.78, 5) is 25.3. The summed E-state index contributed by atoms with van der Waals surface area (Å²) in [7, 11) is 1.51. The minimum Gasteiger partial charge on any atom is -0.493 e. The molecule has 1 aliphatic rings. The van der Waals surface area contributed by atoms with Crippen molar-refractivity contribution in [2.75, 3.05) is 26.8 Å². The number of carbonyl (C=O) groups excluding carboxylic acids is 1. The fourth-order valence-corrected chi connectivity index (χ4v) is 3.22. The Bertz CT molecular complexity index is 626. The second kappa shape index (κ2) is 8.94. The van der Waals surface area contributed by atoms with Crippen molar-refractivity contribution in [3.05, 3.63) is 22.7 Å². The number of likely N-dealkylation sites (tertiary alicyclic amines) is 1. The molecule has 1 amide bonds. The summed E-state index contributed by atoms with van der Waals surface area (Å²) in [5.74, 6) is 0.0947. The van der Waals surface area contributed by atoms with E-state index < -0.39 is 5.97 Å². The first-order valence-electron chi connectivity index (χ1n) is 8.47. The number of benzene rings is 1. The SMILES string of the molecule is CCCOc1c(Cl)cc(C(=O)N2CCC(CC(=O)O)CC2)cc1OC. The molecule has 0 spiro atoms. The highest BCUT2D eigenvalue weighted by molar-refractivity contribution is 6.32. The molecule has 1 aromatic rings. The molecule has 0 saturated carbocycles. The number of nitrogens with zero attached hydrogens (tertiary/aromatic N) is 1. The van der Waals surface area contributed by atoms with Crippen LogP contribution in [0.4, 0.5) is 0 Å². The summed E-state index contributed by atoms with van der Waals surface area (Å²) in [5.41, 5.74) is 0.447. The monoisotopic (exact) mass is 369 g/mol. The molecular formula is C18H24ClNO5. The van der Waals surface area contributed by atoms with Gasteiger partial charge in [-0.15, -0.1) is 0 Å². The molecule has 0 unspecified atom stereocenters. The highest BCUT2D eigenvalue weighted by Gasteiger charge is 2.26. The van der Waals surface area contributed by atoms with E-state index in [1.807, 2.05) is 6.92 Å². The molecule has 0 aliphatic carbocycles. The van der Waals surface area contributed by atoms with Gasteiger partial charge in [-0.3, -0.25) is 9.59 Å². The lowest BCUT2D eigenvalue weighted by molar-refractivity contribution is -0.138. The third-order valence-electron chi connectivity index (χ3n) is 4.29. The average molecular weight is 370 g/mol. The molecule has 6 nitrogen and oxygen atoms in total. The number of hydrogen-bond donors (Lipinski definition) is 1. The van der Waals surface area contributed by atoms with Gasteiger partial charge in [-0.05, 0) is 37.3 Å². The summed E-state index contributed by atoms with van der Waals surface area (Å²) in [6, 6.07) is 3.24. The molecule has 2 rings (SSSR count). The van der Waals surface area contributed by atoms with Crippen LogP contribution in [-0.2, 0) is 4.79 Å². The predicted octanol–water partition coefficient (Wildman–Crippen LogP) is 3.46. The van der Waals surface area contributed by atoms with E-state index in [9.17, 15) is 9.59 Å². The largest absolute Gasteiger partial charge is 0.493 e. The molecule has 1 fully saturated rings. The zero-order valence-electron chi connectivity index (χ0n) is 14.6. The zero-order chi connectivity index (χ0) is 18.4. The number of ether oxygens (including phenoxy) is 2. The van der Waals surface area contributed by atoms with E-state index in [1.54, 1.807) is 17.0 Å². The Kier molecular flexibility index (Phi) is 6.93. The van der Waals surface area contributed by atoms with Crippen molar-refractivity contribution < 1.29 is 24.2 Å². The quantitative estimate of drug-likeness (QED) is 0.796. The highest BCUT2D eigenvalue weighted by Crippen LogP contribution is 2.37. The fourth-order valence-electron chi connectivity index (χ4n) is 2.96. The maximum absolute atomic E-state index is 12.7. The van der Waals surface area contributed by atoms with Gasteiger partial charge >= 0.3 is 5.97 Å². The van der Waals surface area contributed by atoms with Crippen LogP contribution in [0.1, 0.15) is 43.0 Å². The van der Waals surface area contributed by atoms with Crippen molar-refractivity contribution in [1.82, 2.24) is 4.90 Å². The number of aliphatic carboxylic acids is 1. The van der Waals surface area contributed by atoms with Gasteiger partial charge in [0.25, 0.3) is 5.91 Å². The molecule has 25 heavy (non-hydrogen) atoms. The third kappa shape index (κ3) is 5.01. The van der Waals surface area contributed by atoms with Gasteiger partial charge in [-0.1, -0.05) is 18.5 Å². The average Bonchev–Trinajstić information content (AvgIpc) is 2.59. The van der Waals surface area contributed by atoms with Crippen molar-refractivity contribution in [3.8, 4) is 11.5 Å². The van der Waals surface area contributed by atoms with Crippen LogP contribution in [0.3, 0.4) is 0 Å². The van der Waals surface area contributed by atoms with Crippen molar-refractivity contribution in [2.24, 2.45) is 5.92 Å². The van der Waals surface area contributed by atoms with Crippen LogP contribution in [0.5, 0.6) is 11.5 Å². The molecular weight excluding hydrogens is 346 g/mol. The van der Waals surface area contributed by atoms with Crippen LogP contribution in [0.25, 0.3) is 0 Å². The van der Waals surface area contributed by atoms with E-state index in [2.05, 4.69) is 0 Å². The summed E-state index contributed by atoms with van der Waals surface area (Å²) in [5, 5.41) is 9.22. The lowest BCUT2D eigenvalue weighted by atomic mass is 9.93. The summed E-state index contributed by atoms with van der Waals surface area (Å²) >= 11 is 6.27. The minimum absolute atomic E-state index is 0.129. The molecule has 1 aromatic carbocycles. The maximum atomic E-state index is 12.7. The number of carboxylic acid groups (broad SMARTS) is 1. The molecule has 0 bridgehead atoms. The Hall–Kier alpha value is -1.95. The van der Waals surface area contributed by atoms with Crippen molar-refractivity contribution in [3.63, 3.8) is 0 Å². The van der Waals surface area contributed by atoms with E-state index in [1.165, 1.54) is 7.11 Å². The zero-order valence-corrected chi connectivity index (χ0v) is 15.3. The summed E-state index contributed by atoms with van der Waals surface area (Å²) in [6.45, 7) is 3.60. The number of amides is 1. The Morgan fingerprint density at radius 3 is 2.56 bits per heavy atom. The van der Waals surface area contributed by atoms with Gasteiger partial charge in [0.15, 0.2) is 11.5 Å². The van der Waals surface area contributed by atoms with Crippen LogP contribution in [0, 0.1) is 5.92 Å². The molecule has 0 radical (unpaired) electrons. The number of halogens is 1. The van der Waals surface area contributed by atoms with Crippen molar-refractivity contribution in [2.45, 2.75) is 32.6 Å². The first kappa shape index (κ1) is 19.4. The molecule has 1 saturated heterocycles. The lowest BCUT2D eigenvalue weighted by Crippen LogP contribution is -2.38. The van der Waals surface area contributed by atoms with Gasteiger partial charge in [0.2, 0.25) is 0 Å². The Labute approximate surface area is 152 Å². The van der Waals surface area contributed by atoms with E-state index in [4.69, 9.17) is 26.2 Å². The van der Waals surface area contributed by atoms with Crippen LogP contribution in [-0.4, -0.2) is 48.7 Å². The molecule has 0 aromatic heterocycles. The Balaban J connectivity index is 2.09. The molecule has 7 heteroatoms. The van der Waals surface area contributed by atoms with Crippen molar-refractivity contribution in [1.29, 1.82) is 0 Å². The van der Waals surface area contributed by atoms with Crippen molar-refractivity contribution >= 4 is 23.5 Å². The molecule has 1 N–H and O–H groups in total. The normalized spacial score (nSPS) is 15.1. The third-order valence-corrected chi connectivity index (χ3v) is 4.57. The molecule has 0 atom stereocenters. The van der Waals surface area contributed by atoms with E-state index in [0.717, 1.165) is 6.42 Å². The van der Waals surface area contributed by atoms with Gasteiger partial charge in [-0.2, -0.15) is 0 Å². The van der Waals surface area contributed by atoms with Gasteiger partial charge in [-0.25, -0.2) is 0 Å². The van der Waals surface area contributed by atoms with Crippen LogP contribution >= 0.6 is 11.6 Å². The Morgan fingerprint density at radius 1 is 1.32 bits per heavy atom. The van der Waals surface area contributed by atoms with Gasteiger partial charge in [0.1, 0.15) is 0 Å². The number of piperidine rings is 1. The first-order chi connectivity index (χ1) is 12.0. The van der Waals surface area contributed by atoms with E-state index in [0.29, 0.717) is 54.6 Å².